The highest BCUT2D eigenvalue weighted by atomic mass is 16.4. The van der Waals surface area contributed by atoms with Crippen molar-refractivity contribution in [1.82, 2.24) is 20.4 Å². The molecule has 1 unspecified atom stereocenters. The Hall–Kier alpha value is -1.57. The minimum Gasteiger partial charge on any atom is -0.463 e. The molecule has 1 aromatic heterocycles. The minimum atomic E-state index is -1.11. The van der Waals surface area contributed by atoms with Crippen LogP contribution in [0.2, 0.25) is 0 Å². The molecule has 0 radical (unpaired) electrons. The predicted octanol–water partition coefficient (Wildman–Crippen LogP) is 1.77. The summed E-state index contributed by atoms with van der Waals surface area (Å²) in [6, 6.07) is 3.67. The lowest BCUT2D eigenvalue weighted by molar-refractivity contribution is 0.0428. The molecule has 0 amide bonds. The van der Waals surface area contributed by atoms with Crippen LogP contribution in [0.1, 0.15) is 45.1 Å². The van der Waals surface area contributed by atoms with E-state index >= 15 is 0 Å². The van der Waals surface area contributed by atoms with E-state index in [1.165, 1.54) is 39.1 Å². The van der Waals surface area contributed by atoms with Crippen molar-refractivity contribution in [2.75, 3.05) is 58.9 Å². The fraction of sp³-hybridized carbons (Fsp3) is 0.762. The number of hydrogen-bond acceptors (Lipinski definition) is 5. The topological polar surface area (TPSA) is 76.3 Å². The summed E-state index contributed by atoms with van der Waals surface area (Å²) in [6.07, 6.45) is 2.29. The van der Waals surface area contributed by atoms with Gasteiger partial charge in [0.15, 0.2) is 5.96 Å². The average molecular weight is 394 g/mol. The summed E-state index contributed by atoms with van der Waals surface area (Å²) in [5, 5.41) is 17.3. The minimum absolute atomic E-state index is 0.247. The van der Waals surface area contributed by atoms with Crippen molar-refractivity contribution in [3.05, 3.63) is 23.7 Å². The quantitative estimate of drug-likeness (QED) is 0.320. The van der Waals surface area contributed by atoms with Gasteiger partial charge in [0.05, 0.1) is 6.54 Å². The molecule has 0 aliphatic carbocycles. The summed E-state index contributed by atoms with van der Waals surface area (Å²) in [7, 11) is 0. The van der Waals surface area contributed by atoms with E-state index in [4.69, 9.17) is 4.42 Å². The lowest BCUT2D eigenvalue weighted by Crippen LogP contribution is -2.46. The zero-order valence-corrected chi connectivity index (χ0v) is 18.1. The second-order valence-corrected chi connectivity index (χ2v) is 7.79. The molecule has 1 aromatic rings. The van der Waals surface area contributed by atoms with Gasteiger partial charge in [0.25, 0.3) is 0 Å². The fourth-order valence-corrected chi connectivity index (χ4v) is 3.37. The van der Waals surface area contributed by atoms with Gasteiger partial charge in [0.2, 0.25) is 0 Å². The Morgan fingerprint density at radius 2 is 1.86 bits per heavy atom. The maximum atomic E-state index is 10.6. The van der Waals surface area contributed by atoms with E-state index in [0.29, 0.717) is 5.76 Å². The number of aliphatic hydroxyl groups is 1. The normalized spacial score (nSPS) is 18.8. The van der Waals surface area contributed by atoms with Gasteiger partial charge in [-0.3, -0.25) is 0 Å². The Labute approximate surface area is 170 Å². The van der Waals surface area contributed by atoms with Gasteiger partial charge in [0, 0.05) is 39.3 Å². The average Bonchev–Trinajstić information content (AvgIpc) is 3.13. The summed E-state index contributed by atoms with van der Waals surface area (Å²) in [5.41, 5.74) is -1.11. The van der Waals surface area contributed by atoms with Crippen LogP contribution < -0.4 is 10.6 Å². The standard InChI is InChI=1S/C21H39N5O2/c1-5-22-20(24-17-21(4,27)19-10-9-18(3)28-19)23-11-7-8-12-26-15-13-25(6-2)14-16-26/h9-10,27H,5-8,11-17H2,1-4H3,(H2,22,23,24). The second-order valence-electron chi connectivity index (χ2n) is 7.79. The zero-order chi connectivity index (χ0) is 20.4. The monoisotopic (exact) mass is 393 g/mol. The highest BCUT2D eigenvalue weighted by Crippen LogP contribution is 2.23. The summed E-state index contributed by atoms with van der Waals surface area (Å²) in [5.74, 6) is 2.08. The number of guanidine groups is 1. The third-order valence-corrected chi connectivity index (χ3v) is 5.27. The Morgan fingerprint density at radius 3 is 2.46 bits per heavy atom. The van der Waals surface area contributed by atoms with Crippen LogP contribution >= 0.6 is 0 Å². The SMILES string of the molecule is CCNC(=NCC(C)(O)c1ccc(C)o1)NCCCCN1CCN(CC)CC1. The van der Waals surface area contributed by atoms with Gasteiger partial charge in [0.1, 0.15) is 17.1 Å². The van der Waals surface area contributed by atoms with Crippen LogP contribution in [0.5, 0.6) is 0 Å². The third kappa shape index (κ3) is 7.45. The first-order valence-corrected chi connectivity index (χ1v) is 10.7. The lowest BCUT2D eigenvalue weighted by Gasteiger charge is -2.34. The molecule has 160 valence electrons. The van der Waals surface area contributed by atoms with Crippen molar-refractivity contribution in [2.45, 2.75) is 46.1 Å². The van der Waals surface area contributed by atoms with Crippen molar-refractivity contribution in [3.63, 3.8) is 0 Å². The molecule has 1 atom stereocenters. The van der Waals surface area contributed by atoms with Crippen LogP contribution in [0.3, 0.4) is 0 Å². The van der Waals surface area contributed by atoms with Crippen molar-refractivity contribution >= 4 is 5.96 Å². The van der Waals surface area contributed by atoms with Gasteiger partial charge in [-0.25, -0.2) is 4.99 Å². The second kappa shape index (κ2) is 11.4. The van der Waals surface area contributed by atoms with E-state index in [2.05, 4.69) is 32.3 Å². The van der Waals surface area contributed by atoms with Crippen LogP contribution in [0.4, 0.5) is 0 Å². The molecule has 1 aliphatic rings. The van der Waals surface area contributed by atoms with Crippen molar-refractivity contribution in [1.29, 1.82) is 0 Å². The molecule has 7 nitrogen and oxygen atoms in total. The fourth-order valence-electron chi connectivity index (χ4n) is 3.37. The molecule has 3 N–H and O–H groups in total. The molecule has 0 spiro atoms. The number of likely N-dealkylation sites (N-methyl/N-ethyl adjacent to an activating group) is 1. The molecule has 28 heavy (non-hydrogen) atoms. The van der Waals surface area contributed by atoms with E-state index < -0.39 is 5.60 Å². The van der Waals surface area contributed by atoms with Crippen molar-refractivity contribution in [3.8, 4) is 0 Å². The van der Waals surface area contributed by atoms with Gasteiger partial charge in [-0.1, -0.05) is 6.92 Å². The highest BCUT2D eigenvalue weighted by molar-refractivity contribution is 5.79. The predicted molar refractivity (Wildman–Crippen MR) is 115 cm³/mol. The van der Waals surface area contributed by atoms with E-state index in [1.807, 2.05) is 26.0 Å². The number of aryl methyl sites for hydroxylation is 1. The molecule has 7 heteroatoms. The highest BCUT2D eigenvalue weighted by Gasteiger charge is 2.26. The molecule has 0 saturated carbocycles. The maximum absolute atomic E-state index is 10.6. The van der Waals surface area contributed by atoms with Crippen LogP contribution in [0, 0.1) is 6.92 Å². The number of piperazine rings is 1. The summed E-state index contributed by atoms with van der Waals surface area (Å²) < 4.78 is 5.56. The van der Waals surface area contributed by atoms with E-state index in [-0.39, 0.29) is 6.54 Å². The number of furan rings is 1. The molecule has 1 fully saturated rings. The Kier molecular flexibility index (Phi) is 9.28. The Balaban J connectivity index is 1.69. The van der Waals surface area contributed by atoms with Crippen LogP contribution in [0.25, 0.3) is 0 Å². The first-order valence-electron chi connectivity index (χ1n) is 10.7. The van der Waals surface area contributed by atoms with E-state index in [1.54, 1.807) is 6.92 Å². The summed E-state index contributed by atoms with van der Waals surface area (Å²) in [6.45, 7) is 16.9. The number of rotatable bonds is 10. The van der Waals surface area contributed by atoms with Gasteiger partial charge in [-0.2, -0.15) is 0 Å². The zero-order valence-electron chi connectivity index (χ0n) is 18.1. The molecule has 0 bridgehead atoms. The Bertz CT molecular complexity index is 591. The summed E-state index contributed by atoms with van der Waals surface area (Å²) >= 11 is 0. The smallest absolute Gasteiger partial charge is 0.191 e. The molecule has 2 rings (SSSR count). The number of hydrogen-bond donors (Lipinski definition) is 3. The van der Waals surface area contributed by atoms with Crippen LogP contribution in [0.15, 0.2) is 21.5 Å². The molecule has 2 heterocycles. The third-order valence-electron chi connectivity index (χ3n) is 5.27. The first-order chi connectivity index (χ1) is 13.4. The lowest BCUT2D eigenvalue weighted by atomic mass is 10.0. The maximum Gasteiger partial charge on any atom is 0.191 e. The van der Waals surface area contributed by atoms with Crippen LogP contribution in [-0.2, 0) is 5.60 Å². The number of aliphatic imine (C=N–C) groups is 1. The van der Waals surface area contributed by atoms with Gasteiger partial charge < -0.3 is 30.0 Å². The molecular weight excluding hydrogens is 354 g/mol. The van der Waals surface area contributed by atoms with Gasteiger partial charge in [-0.15, -0.1) is 0 Å². The first kappa shape index (κ1) is 22.7. The van der Waals surface area contributed by atoms with E-state index in [0.717, 1.165) is 37.8 Å². The number of nitrogens with zero attached hydrogens (tertiary/aromatic N) is 3. The molecule has 1 aliphatic heterocycles. The Morgan fingerprint density at radius 1 is 1.14 bits per heavy atom. The molecular formula is C21H39N5O2. The van der Waals surface area contributed by atoms with Gasteiger partial charge in [-0.05, 0) is 58.8 Å². The molecule has 0 aromatic carbocycles. The molecule has 1 saturated heterocycles. The summed E-state index contributed by atoms with van der Waals surface area (Å²) in [4.78, 5) is 9.62. The van der Waals surface area contributed by atoms with Crippen molar-refractivity contribution in [2.24, 2.45) is 4.99 Å². The number of unbranched alkanes of at least 4 members (excludes halogenated alkanes) is 1. The van der Waals surface area contributed by atoms with Crippen molar-refractivity contribution < 1.29 is 9.52 Å². The number of nitrogens with one attached hydrogen (secondary N) is 2. The van der Waals surface area contributed by atoms with Gasteiger partial charge >= 0.3 is 0 Å². The van der Waals surface area contributed by atoms with Crippen LogP contribution in [-0.4, -0.2) is 79.8 Å². The largest absolute Gasteiger partial charge is 0.463 e. The van der Waals surface area contributed by atoms with E-state index in [9.17, 15) is 5.11 Å².